The van der Waals surface area contributed by atoms with Gasteiger partial charge in [0.25, 0.3) is 0 Å². The number of hydrogen-bond donors (Lipinski definition) is 1. The van der Waals surface area contributed by atoms with E-state index in [1.807, 2.05) is 0 Å². The molecule has 1 N–H and O–H groups in total. The molecule has 0 bridgehead atoms. The predicted molar refractivity (Wildman–Crippen MR) is 85.7 cm³/mol. The molecule has 0 atom stereocenters. The van der Waals surface area contributed by atoms with Gasteiger partial charge in [0.1, 0.15) is 11.3 Å². The molecule has 1 aromatic carbocycles. The number of benzene rings is 1. The Morgan fingerprint density at radius 1 is 1.16 bits per heavy atom. The van der Waals surface area contributed by atoms with Gasteiger partial charge in [-0.2, -0.15) is 13.2 Å². The number of imidazole rings is 1. The summed E-state index contributed by atoms with van der Waals surface area (Å²) in [6, 6.07) is 7.25. The first-order valence-electron chi connectivity index (χ1n) is 7.62. The molecule has 130 valence electrons. The third kappa shape index (κ3) is 3.35. The highest BCUT2D eigenvalue weighted by atomic mass is 19.4. The van der Waals surface area contributed by atoms with Gasteiger partial charge in [0.15, 0.2) is 0 Å². The fourth-order valence-electron chi connectivity index (χ4n) is 2.95. The van der Waals surface area contributed by atoms with E-state index in [1.165, 1.54) is 28.9 Å². The molecule has 7 heteroatoms. The first kappa shape index (κ1) is 17.0. The van der Waals surface area contributed by atoms with E-state index in [-0.39, 0.29) is 24.1 Å². The van der Waals surface area contributed by atoms with Crippen LogP contribution in [0.5, 0.6) is 0 Å². The number of nitrogens with zero attached hydrogens (tertiary/aromatic N) is 2. The van der Waals surface area contributed by atoms with Gasteiger partial charge in [-0.05, 0) is 43.0 Å². The van der Waals surface area contributed by atoms with E-state index in [9.17, 15) is 23.1 Å². The van der Waals surface area contributed by atoms with E-state index in [4.69, 9.17) is 0 Å². The molecule has 0 saturated heterocycles. The predicted octanol–water partition coefficient (Wildman–Crippen LogP) is 4.14. The zero-order valence-corrected chi connectivity index (χ0v) is 13.3. The number of halogens is 3. The molecule has 25 heavy (non-hydrogen) atoms. The Kier molecular flexibility index (Phi) is 4.24. The number of pyridine rings is 1. The molecule has 0 aliphatic carbocycles. The molecule has 2 heterocycles. The van der Waals surface area contributed by atoms with Crippen LogP contribution in [0, 0.1) is 6.92 Å². The summed E-state index contributed by atoms with van der Waals surface area (Å²) < 4.78 is 40.9. The number of fused-ring (bicyclic) bond motifs is 1. The van der Waals surface area contributed by atoms with Crippen molar-refractivity contribution in [2.24, 2.45) is 0 Å². The second-order valence-corrected chi connectivity index (χ2v) is 5.83. The summed E-state index contributed by atoms with van der Waals surface area (Å²) >= 11 is 0. The van der Waals surface area contributed by atoms with Gasteiger partial charge in [-0.25, -0.2) is 9.78 Å². The minimum atomic E-state index is -4.44. The van der Waals surface area contributed by atoms with Gasteiger partial charge in [-0.3, -0.25) is 4.40 Å². The van der Waals surface area contributed by atoms with Crippen LogP contribution in [-0.2, 0) is 19.0 Å². The Balaban J connectivity index is 1.98. The van der Waals surface area contributed by atoms with Crippen molar-refractivity contribution in [1.29, 1.82) is 0 Å². The van der Waals surface area contributed by atoms with Gasteiger partial charge in [-0.1, -0.05) is 23.8 Å². The SMILES string of the molecule is Cc1ccc(C(F)(F)F)c(CCc2ccc3nccn3c2C(=O)O)c1. The van der Waals surface area contributed by atoms with Crippen LogP contribution in [0.4, 0.5) is 13.2 Å². The average Bonchev–Trinajstić information content (AvgIpc) is 2.99. The summed E-state index contributed by atoms with van der Waals surface area (Å²) in [5, 5.41) is 9.48. The van der Waals surface area contributed by atoms with Gasteiger partial charge in [0, 0.05) is 12.4 Å². The molecule has 0 radical (unpaired) electrons. The van der Waals surface area contributed by atoms with E-state index in [0.29, 0.717) is 11.2 Å². The van der Waals surface area contributed by atoms with Crippen molar-refractivity contribution in [2.75, 3.05) is 0 Å². The van der Waals surface area contributed by atoms with E-state index >= 15 is 0 Å². The largest absolute Gasteiger partial charge is 0.477 e. The lowest BCUT2D eigenvalue weighted by Gasteiger charge is -2.14. The number of carboxylic acid groups (broad SMARTS) is 1. The number of carboxylic acids is 1. The molecule has 2 aromatic heterocycles. The quantitative estimate of drug-likeness (QED) is 0.771. The van der Waals surface area contributed by atoms with Gasteiger partial charge in [0.05, 0.1) is 5.56 Å². The van der Waals surface area contributed by atoms with Crippen molar-refractivity contribution in [3.63, 3.8) is 0 Å². The zero-order chi connectivity index (χ0) is 18.2. The molecule has 0 amide bonds. The number of rotatable bonds is 4. The van der Waals surface area contributed by atoms with Gasteiger partial charge in [0.2, 0.25) is 0 Å². The van der Waals surface area contributed by atoms with Crippen LogP contribution in [-0.4, -0.2) is 20.5 Å². The average molecular weight is 348 g/mol. The summed E-state index contributed by atoms with van der Waals surface area (Å²) in [7, 11) is 0. The maximum atomic E-state index is 13.2. The second-order valence-electron chi connectivity index (χ2n) is 5.83. The molecule has 0 spiro atoms. The standard InChI is InChI=1S/C18H15F3N2O2/c1-11-2-6-14(18(19,20)21)13(10-11)4-3-12-5-7-15-22-8-9-23(15)16(12)17(24)25/h2,5-10H,3-4H2,1H3,(H,24,25). The molecule has 0 saturated carbocycles. The molecular formula is C18H15F3N2O2. The number of hydrogen-bond acceptors (Lipinski definition) is 2. The Bertz CT molecular complexity index is 945. The zero-order valence-electron chi connectivity index (χ0n) is 13.3. The fourth-order valence-corrected chi connectivity index (χ4v) is 2.95. The molecule has 0 unspecified atom stereocenters. The van der Waals surface area contributed by atoms with Crippen molar-refractivity contribution in [3.8, 4) is 0 Å². The molecule has 0 aliphatic heterocycles. The highest BCUT2D eigenvalue weighted by Gasteiger charge is 2.33. The van der Waals surface area contributed by atoms with Crippen LogP contribution in [0.2, 0.25) is 0 Å². The van der Waals surface area contributed by atoms with Gasteiger partial charge >= 0.3 is 12.1 Å². The highest BCUT2D eigenvalue weighted by Crippen LogP contribution is 2.33. The van der Waals surface area contributed by atoms with E-state index in [1.54, 1.807) is 19.1 Å². The van der Waals surface area contributed by atoms with Crippen LogP contribution in [0.3, 0.4) is 0 Å². The Hall–Kier alpha value is -2.83. The number of aromatic carboxylic acids is 1. The van der Waals surface area contributed by atoms with E-state index in [2.05, 4.69) is 4.98 Å². The van der Waals surface area contributed by atoms with Gasteiger partial charge in [-0.15, -0.1) is 0 Å². The monoisotopic (exact) mass is 348 g/mol. The van der Waals surface area contributed by atoms with Crippen LogP contribution >= 0.6 is 0 Å². The van der Waals surface area contributed by atoms with E-state index in [0.717, 1.165) is 11.6 Å². The maximum Gasteiger partial charge on any atom is 0.416 e. The Labute approximate surface area is 141 Å². The van der Waals surface area contributed by atoms with Crippen molar-refractivity contribution in [2.45, 2.75) is 25.9 Å². The normalized spacial score (nSPS) is 11.8. The van der Waals surface area contributed by atoms with Crippen LogP contribution < -0.4 is 0 Å². The molecule has 3 rings (SSSR count). The van der Waals surface area contributed by atoms with Crippen molar-refractivity contribution in [3.05, 3.63) is 70.7 Å². The smallest absolute Gasteiger partial charge is 0.416 e. The first-order chi connectivity index (χ1) is 11.8. The van der Waals surface area contributed by atoms with Crippen LogP contribution in [0.25, 0.3) is 5.65 Å². The number of aromatic nitrogens is 2. The van der Waals surface area contributed by atoms with E-state index < -0.39 is 17.7 Å². The fraction of sp³-hybridized carbons (Fsp3) is 0.222. The molecule has 0 aliphatic rings. The number of carbonyl (C=O) groups is 1. The summed E-state index contributed by atoms with van der Waals surface area (Å²) in [6.07, 6.45) is -1.16. The van der Waals surface area contributed by atoms with Gasteiger partial charge < -0.3 is 5.11 Å². The summed E-state index contributed by atoms with van der Waals surface area (Å²) in [6.45, 7) is 1.73. The molecular weight excluding hydrogens is 333 g/mol. The minimum absolute atomic E-state index is 0.0243. The Morgan fingerprint density at radius 3 is 2.56 bits per heavy atom. The van der Waals surface area contributed by atoms with Crippen molar-refractivity contribution in [1.82, 2.24) is 9.38 Å². The first-order valence-corrected chi connectivity index (χ1v) is 7.62. The Morgan fingerprint density at radius 2 is 1.88 bits per heavy atom. The van der Waals surface area contributed by atoms with Crippen LogP contribution in [0.15, 0.2) is 42.7 Å². The summed E-state index contributed by atoms with van der Waals surface area (Å²) in [5.41, 5.74) is 1.18. The van der Waals surface area contributed by atoms with Crippen molar-refractivity contribution < 1.29 is 23.1 Å². The molecule has 3 aromatic rings. The lowest BCUT2D eigenvalue weighted by atomic mass is 9.97. The van der Waals surface area contributed by atoms with Crippen molar-refractivity contribution >= 4 is 11.6 Å². The minimum Gasteiger partial charge on any atom is -0.477 e. The molecule has 4 nitrogen and oxygen atoms in total. The topological polar surface area (TPSA) is 54.6 Å². The maximum absolute atomic E-state index is 13.2. The highest BCUT2D eigenvalue weighted by molar-refractivity contribution is 5.88. The lowest BCUT2D eigenvalue weighted by Crippen LogP contribution is -2.13. The number of alkyl halides is 3. The number of aryl methyl sites for hydroxylation is 3. The molecule has 0 fully saturated rings. The third-order valence-electron chi connectivity index (χ3n) is 4.08. The second kappa shape index (κ2) is 6.23. The van der Waals surface area contributed by atoms with Crippen LogP contribution in [0.1, 0.15) is 32.7 Å². The third-order valence-corrected chi connectivity index (χ3v) is 4.08. The summed E-state index contributed by atoms with van der Waals surface area (Å²) in [5.74, 6) is -1.14. The summed E-state index contributed by atoms with van der Waals surface area (Å²) in [4.78, 5) is 15.6. The lowest BCUT2D eigenvalue weighted by molar-refractivity contribution is -0.138.